The van der Waals surface area contributed by atoms with Gasteiger partial charge < -0.3 is 4.74 Å². The Morgan fingerprint density at radius 3 is 2.68 bits per heavy atom. The van der Waals surface area contributed by atoms with Gasteiger partial charge in [0, 0.05) is 31.4 Å². The Kier molecular flexibility index (Phi) is 5.53. The third-order valence-electron chi connectivity index (χ3n) is 3.98. The first-order chi connectivity index (χ1) is 9.28. The molecule has 0 spiro atoms. The van der Waals surface area contributed by atoms with Crippen molar-refractivity contribution >= 4 is 11.6 Å². The number of halogens is 1. The van der Waals surface area contributed by atoms with E-state index in [1.165, 1.54) is 18.4 Å². The van der Waals surface area contributed by atoms with Crippen molar-refractivity contribution in [3.8, 4) is 5.75 Å². The largest absolute Gasteiger partial charge is 0.488 e. The fourth-order valence-electron chi connectivity index (χ4n) is 2.95. The standard InChI is InChI=1S/C16H24ClNO/c1-3-14(4-2)18(10-9-17)12-15-11-13-7-5-6-8-16(13)19-15/h5-8,14-15H,3-4,9-12H2,1-2H3. The summed E-state index contributed by atoms with van der Waals surface area (Å²) >= 11 is 5.95. The van der Waals surface area contributed by atoms with Crippen LogP contribution >= 0.6 is 11.6 Å². The molecule has 1 aliphatic heterocycles. The van der Waals surface area contributed by atoms with Crippen LogP contribution in [0.4, 0.5) is 0 Å². The first-order valence-corrected chi connectivity index (χ1v) is 7.86. The van der Waals surface area contributed by atoms with Gasteiger partial charge in [0.25, 0.3) is 0 Å². The van der Waals surface area contributed by atoms with E-state index in [-0.39, 0.29) is 6.10 Å². The van der Waals surface area contributed by atoms with Crippen molar-refractivity contribution in [1.82, 2.24) is 4.90 Å². The monoisotopic (exact) mass is 281 g/mol. The Balaban J connectivity index is 1.96. The normalized spacial score (nSPS) is 17.8. The molecule has 2 nitrogen and oxygen atoms in total. The van der Waals surface area contributed by atoms with E-state index in [0.717, 1.165) is 25.3 Å². The van der Waals surface area contributed by atoms with E-state index in [1.54, 1.807) is 0 Å². The third-order valence-corrected chi connectivity index (χ3v) is 4.15. The van der Waals surface area contributed by atoms with E-state index in [1.807, 2.05) is 6.07 Å². The van der Waals surface area contributed by atoms with Crippen molar-refractivity contribution < 1.29 is 4.74 Å². The lowest BCUT2D eigenvalue weighted by molar-refractivity contribution is 0.117. The van der Waals surface area contributed by atoms with Crippen LogP contribution in [0.25, 0.3) is 0 Å². The zero-order valence-electron chi connectivity index (χ0n) is 11.9. The number of hydrogen-bond donors (Lipinski definition) is 0. The number of alkyl halides is 1. The second-order valence-corrected chi connectivity index (χ2v) is 5.58. The van der Waals surface area contributed by atoms with Crippen LogP contribution in [0.15, 0.2) is 24.3 Å². The molecule has 1 heterocycles. The van der Waals surface area contributed by atoms with Crippen LogP contribution in [0.2, 0.25) is 0 Å². The first kappa shape index (κ1) is 14.7. The summed E-state index contributed by atoms with van der Waals surface area (Å²) < 4.78 is 6.04. The lowest BCUT2D eigenvalue weighted by Gasteiger charge is -2.31. The predicted octanol–water partition coefficient (Wildman–Crippen LogP) is 3.72. The number of nitrogens with zero attached hydrogens (tertiary/aromatic N) is 1. The van der Waals surface area contributed by atoms with Crippen LogP contribution in [-0.4, -0.2) is 36.0 Å². The van der Waals surface area contributed by atoms with Crippen molar-refractivity contribution in [2.24, 2.45) is 0 Å². The van der Waals surface area contributed by atoms with Gasteiger partial charge in [0.15, 0.2) is 0 Å². The molecule has 0 radical (unpaired) electrons. The van der Waals surface area contributed by atoms with Gasteiger partial charge in [-0.2, -0.15) is 0 Å². The molecular weight excluding hydrogens is 258 g/mol. The van der Waals surface area contributed by atoms with Crippen LogP contribution in [0.1, 0.15) is 32.3 Å². The van der Waals surface area contributed by atoms with E-state index in [2.05, 4.69) is 36.9 Å². The summed E-state index contributed by atoms with van der Waals surface area (Å²) in [7, 11) is 0. The molecule has 1 aliphatic rings. The second kappa shape index (κ2) is 7.16. The zero-order valence-corrected chi connectivity index (χ0v) is 12.7. The molecule has 3 heteroatoms. The molecule has 1 aromatic carbocycles. The molecule has 0 aromatic heterocycles. The molecule has 19 heavy (non-hydrogen) atoms. The summed E-state index contributed by atoms with van der Waals surface area (Å²) in [6.07, 6.45) is 3.65. The van der Waals surface area contributed by atoms with Crippen molar-refractivity contribution in [2.75, 3.05) is 19.0 Å². The molecule has 0 aliphatic carbocycles. The van der Waals surface area contributed by atoms with E-state index >= 15 is 0 Å². The molecule has 1 atom stereocenters. The van der Waals surface area contributed by atoms with Crippen LogP contribution in [0.5, 0.6) is 5.75 Å². The Labute approximate surface area is 121 Å². The highest BCUT2D eigenvalue weighted by molar-refractivity contribution is 6.18. The first-order valence-electron chi connectivity index (χ1n) is 7.33. The summed E-state index contributed by atoms with van der Waals surface area (Å²) in [6.45, 7) is 6.43. The molecule has 0 amide bonds. The fourth-order valence-corrected chi connectivity index (χ4v) is 3.17. The molecule has 2 rings (SSSR count). The van der Waals surface area contributed by atoms with E-state index in [9.17, 15) is 0 Å². The average Bonchev–Trinajstić information content (AvgIpc) is 2.82. The predicted molar refractivity (Wildman–Crippen MR) is 81.2 cm³/mol. The van der Waals surface area contributed by atoms with E-state index < -0.39 is 0 Å². The van der Waals surface area contributed by atoms with Gasteiger partial charge in [-0.15, -0.1) is 11.6 Å². The van der Waals surface area contributed by atoms with Gasteiger partial charge in [-0.3, -0.25) is 4.90 Å². The minimum absolute atomic E-state index is 0.279. The summed E-state index contributed by atoms with van der Waals surface area (Å²) in [6, 6.07) is 8.98. The number of fused-ring (bicyclic) bond motifs is 1. The number of rotatable bonds is 7. The second-order valence-electron chi connectivity index (χ2n) is 5.21. The molecule has 0 saturated heterocycles. The quantitative estimate of drug-likeness (QED) is 0.706. The highest BCUT2D eigenvalue weighted by atomic mass is 35.5. The number of ether oxygens (including phenoxy) is 1. The van der Waals surface area contributed by atoms with Gasteiger partial charge >= 0.3 is 0 Å². The summed E-state index contributed by atoms with van der Waals surface area (Å²) in [5, 5.41) is 0. The molecule has 0 N–H and O–H groups in total. The van der Waals surface area contributed by atoms with Gasteiger partial charge in [0.1, 0.15) is 11.9 Å². The van der Waals surface area contributed by atoms with Crippen molar-refractivity contribution in [3.05, 3.63) is 29.8 Å². The Bertz CT molecular complexity index is 367. The molecule has 1 aromatic rings. The van der Waals surface area contributed by atoms with Gasteiger partial charge in [-0.1, -0.05) is 32.0 Å². The van der Waals surface area contributed by atoms with Crippen LogP contribution in [0.3, 0.4) is 0 Å². The zero-order chi connectivity index (χ0) is 13.7. The molecule has 0 bridgehead atoms. The van der Waals surface area contributed by atoms with Crippen molar-refractivity contribution in [2.45, 2.75) is 45.3 Å². The summed E-state index contributed by atoms with van der Waals surface area (Å²) in [4.78, 5) is 2.49. The topological polar surface area (TPSA) is 12.5 Å². The van der Waals surface area contributed by atoms with Gasteiger partial charge in [-0.05, 0) is 24.5 Å². The fraction of sp³-hybridized carbons (Fsp3) is 0.625. The van der Waals surface area contributed by atoms with Crippen molar-refractivity contribution in [3.63, 3.8) is 0 Å². The summed E-state index contributed by atoms with van der Waals surface area (Å²) in [5.41, 5.74) is 1.34. The number of benzene rings is 1. The SMILES string of the molecule is CCC(CC)N(CCCl)CC1Cc2ccccc2O1. The molecule has 0 saturated carbocycles. The number of hydrogen-bond acceptors (Lipinski definition) is 2. The Hall–Kier alpha value is -0.730. The number of para-hydroxylation sites is 1. The minimum Gasteiger partial charge on any atom is -0.488 e. The summed E-state index contributed by atoms with van der Waals surface area (Å²) in [5.74, 6) is 1.75. The highest BCUT2D eigenvalue weighted by Crippen LogP contribution is 2.29. The van der Waals surface area contributed by atoms with E-state index in [4.69, 9.17) is 16.3 Å². The van der Waals surface area contributed by atoms with Crippen LogP contribution < -0.4 is 4.74 Å². The molecule has 1 unspecified atom stereocenters. The maximum absolute atomic E-state index is 6.04. The van der Waals surface area contributed by atoms with Gasteiger partial charge in [0.05, 0.1) is 0 Å². The van der Waals surface area contributed by atoms with Gasteiger partial charge in [0.2, 0.25) is 0 Å². The Morgan fingerprint density at radius 2 is 2.05 bits per heavy atom. The highest BCUT2D eigenvalue weighted by Gasteiger charge is 2.26. The van der Waals surface area contributed by atoms with E-state index in [0.29, 0.717) is 11.9 Å². The van der Waals surface area contributed by atoms with Crippen LogP contribution in [0, 0.1) is 0 Å². The lowest BCUT2D eigenvalue weighted by Crippen LogP contribution is -2.42. The van der Waals surface area contributed by atoms with Crippen molar-refractivity contribution in [1.29, 1.82) is 0 Å². The van der Waals surface area contributed by atoms with Gasteiger partial charge in [-0.25, -0.2) is 0 Å². The smallest absolute Gasteiger partial charge is 0.123 e. The van der Waals surface area contributed by atoms with Crippen LogP contribution in [-0.2, 0) is 6.42 Å². The lowest BCUT2D eigenvalue weighted by atomic mass is 10.1. The maximum atomic E-state index is 6.04. The Morgan fingerprint density at radius 1 is 1.32 bits per heavy atom. The molecular formula is C16H24ClNO. The molecule has 0 fully saturated rings. The molecule has 106 valence electrons. The average molecular weight is 282 g/mol. The maximum Gasteiger partial charge on any atom is 0.123 e. The third kappa shape index (κ3) is 3.64. The minimum atomic E-state index is 0.279.